The molecule has 3 aromatic rings. The number of rotatable bonds is 6. The first-order valence-electron chi connectivity index (χ1n) is 8.41. The van der Waals surface area contributed by atoms with Crippen LogP contribution in [0.2, 0.25) is 0 Å². The maximum Gasteiger partial charge on any atom is 0.191 e. The summed E-state index contributed by atoms with van der Waals surface area (Å²) in [5.74, 6) is 2.50. The number of aliphatic imine (C=N–C) groups is 1. The van der Waals surface area contributed by atoms with Crippen molar-refractivity contribution in [2.75, 3.05) is 13.7 Å². The lowest BCUT2D eigenvalue weighted by molar-refractivity contribution is 0.414. The van der Waals surface area contributed by atoms with Gasteiger partial charge in [0.2, 0.25) is 0 Å². The van der Waals surface area contributed by atoms with Gasteiger partial charge in [-0.1, -0.05) is 30.3 Å². The highest BCUT2D eigenvalue weighted by molar-refractivity contribution is 5.80. The number of nitrogens with zero attached hydrogens (tertiary/aromatic N) is 1. The van der Waals surface area contributed by atoms with Gasteiger partial charge in [0.25, 0.3) is 0 Å². The fourth-order valence-corrected chi connectivity index (χ4v) is 2.54. The first-order chi connectivity index (χ1) is 12.3. The average molecular weight is 337 g/mol. The van der Waals surface area contributed by atoms with Crippen LogP contribution in [0.15, 0.2) is 64.0 Å². The Kier molecular flexibility index (Phi) is 5.57. The summed E-state index contributed by atoms with van der Waals surface area (Å²) in [5, 5.41) is 7.67. The van der Waals surface area contributed by atoms with E-state index < -0.39 is 0 Å². The topological polar surface area (TPSA) is 58.8 Å². The first-order valence-corrected chi connectivity index (χ1v) is 8.41. The lowest BCUT2D eigenvalue weighted by Crippen LogP contribution is -2.36. The molecular formula is C20H23N3O2. The monoisotopic (exact) mass is 337 g/mol. The van der Waals surface area contributed by atoms with Crippen molar-refractivity contribution in [3.8, 4) is 5.75 Å². The molecule has 1 aromatic heterocycles. The summed E-state index contributed by atoms with van der Waals surface area (Å²) in [4.78, 5) is 4.62. The quantitative estimate of drug-likeness (QED) is 0.532. The molecule has 0 aliphatic carbocycles. The minimum atomic E-state index is 0.586. The number of methoxy groups -OCH3 is 1. The van der Waals surface area contributed by atoms with Gasteiger partial charge in [0, 0.05) is 11.9 Å². The number of para-hydroxylation sites is 1. The van der Waals surface area contributed by atoms with Gasteiger partial charge in [-0.05, 0) is 36.8 Å². The predicted molar refractivity (Wildman–Crippen MR) is 101 cm³/mol. The molecule has 0 radical (unpaired) electrons. The number of nitrogens with one attached hydrogen (secondary N) is 2. The molecule has 0 spiro atoms. The van der Waals surface area contributed by atoms with Crippen molar-refractivity contribution in [1.82, 2.24) is 10.6 Å². The van der Waals surface area contributed by atoms with Crippen LogP contribution in [0.4, 0.5) is 0 Å². The smallest absolute Gasteiger partial charge is 0.191 e. The minimum Gasteiger partial charge on any atom is -0.497 e. The molecule has 5 nitrogen and oxygen atoms in total. The van der Waals surface area contributed by atoms with E-state index in [1.54, 1.807) is 7.11 Å². The highest BCUT2D eigenvalue weighted by Crippen LogP contribution is 2.18. The van der Waals surface area contributed by atoms with Crippen LogP contribution < -0.4 is 15.4 Å². The van der Waals surface area contributed by atoms with E-state index in [1.165, 1.54) is 0 Å². The van der Waals surface area contributed by atoms with Crippen LogP contribution in [0.5, 0.6) is 5.75 Å². The number of fused-ring (bicyclic) bond motifs is 1. The molecule has 0 bridgehead atoms. The molecule has 2 N–H and O–H groups in total. The highest BCUT2D eigenvalue weighted by atomic mass is 16.5. The number of hydrogen-bond acceptors (Lipinski definition) is 3. The van der Waals surface area contributed by atoms with Crippen LogP contribution in [-0.2, 0) is 13.1 Å². The molecule has 3 rings (SSSR count). The summed E-state index contributed by atoms with van der Waals surface area (Å²) in [6, 6.07) is 18.0. The van der Waals surface area contributed by atoms with Crippen LogP contribution in [0.3, 0.4) is 0 Å². The summed E-state index contributed by atoms with van der Waals surface area (Å²) < 4.78 is 11.0. The van der Waals surface area contributed by atoms with Crippen molar-refractivity contribution in [3.63, 3.8) is 0 Å². The number of furan rings is 1. The maximum atomic E-state index is 5.83. The van der Waals surface area contributed by atoms with Gasteiger partial charge in [-0.25, -0.2) is 4.99 Å². The molecule has 2 aromatic carbocycles. The third kappa shape index (κ3) is 4.53. The van der Waals surface area contributed by atoms with Gasteiger partial charge in [0.1, 0.15) is 17.1 Å². The molecule has 5 heteroatoms. The van der Waals surface area contributed by atoms with E-state index in [9.17, 15) is 0 Å². The molecule has 0 amide bonds. The molecule has 0 fully saturated rings. The zero-order valence-corrected chi connectivity index (χ0v) is 14.6. The lowest BCUT2D eigenvalue weighted by Gasteiger charge is -2.10. The Hall–Kier alpha value is -2.95. The maximum absolute atomic E-state index is 5.83. The second-order valence-corrected chi connectivity index (χ2v) is 5.65. The minimum absolute atomic E-state index is 0.586. The molecule has 0 saturated carbocycles. The lowest BCUT2D eigenvalue weighted by atomic mass is 10.2. The molecule has 0 aliphatic rings. The van der Waals surface area contributed by atoms with Gasteiger partial charge < -0.3 is 19.8 Å². The van der Waals surface area contributed by atoms with Gasteiger partial charge in [-0.3, -0.25) is 0 Å². The Balaban J connectivity index is 1.63. The van der Waals surface area contributed by atoms with Crippen molar-refractivity contribution < 1.29 is 9.15 Å². The fourth-order valence-electron chi connectivity index (χ4n) is 2.54. The fraction of sp³-hybridized carbons (Fsp3) is 0.250. The largest absolute Gasteiger partial charge is 0.497 e. The SMILES string of the molecule is CCNC(=NCc1ccc(OC)cc1)NCc1cc2ccccc2o1. The van der Waals surface area contributed by atoms with Crippen LogP contribution in [0, 0.1) is 0 Å². The summed E-state index contributed by atoms with van der Waals surface area (Å²) in [5.41, 5.74) is 2.03. The molecule has 1 heterocycles. The van der Waals surface area contributed by atoms with E-state index in [0.717, 1.165) is 40.5 Å². The number of ether oxygens (including phenoxy) is 1. The Morgan fingerprint density at radius 3 is 2.60 bits per heavy atom. The Bertz CT molecular complexity index is 805. The van der Waals surface area contributed by atoms with E-state index in [0.29, 0.717) is 13.1 Å². The normalized spacial score (nSPS) is 11.5. The van der Waals surface area contributed by atoms with E-state index in [1.807, 2.05) is 55.5 Å². The number of guanidine groups is 1. The Morgan fingerprint density at radius 2 is 1.88 bits per heavy atom. The summed E-state index contributed by atoms with van der Waals surface area (Å²) >= 11 is 0. The third-order valence-corrected chi connectivity index (χ3v) is 3.83. The molecule has 0 unspecified atom stereocenters. The van der Waals surface area contributed by atoms with Gasteiger partial charge in [-0.2, -0.15) is 0 Å². The number of hydrogen-bond donors (Lipinski definition) is 2. The second-order valence-electron chi connectivity index (χ2n) is 5.65. The second kappa shape index (κ2) is 8.24. The van der Waals surface area contributed by atoms with Crippen LogP contribution >= 0.6 is 0 Å². The van der Waals surface area contributed by atoms with Crippen molar-refractivity contribution in [1.29, 1.82) is 0 Å². The van der Waals surface area contributed by atoms with E-state index in [2.05, 4.69) is 21.7 Å². The van der Waals surface area contributed by atoms with Crippen LogP contribution in [0.1, 0.15) is 18.2 Å². The van der Waals surface area contributed by atoms with Crippen LogP contribution in [0.25, 0.3) is 11.0 Å². The van der Waals surface area contributed by atoms with Crippen molar-refractivity contribution in [2.45, 2.75) is 20.0 Å². The highest BCUT2D eigenvalue weighted by Gasteiger charge is 2.04. The van der Waals surface area contributed by atoms with E-state index in [4.69, 9.17) is 9.15 Å². The molecule has 0 atom stereocenters. The van der Waals surface area contributed by atoms with Crippen molar-refractivity contribution in [2.24, 2.45) is 4.99 Å². The summed E-state index contributed by atoms with van der Waals surface area (Å²) in [6.07, 6.45) is 0. The molecule has 0 aliphatic heterocycles. The zero-order valence-electron chi connectivity index (χ0n) is 14.6. The van der Waals surface area contributed by atoms with Gasteiger partial charge >= 0.3 is 0 Å². The van der Waals surface area contributed by atoms with Gasteiger partial charge in [-0.15, -0.1) is 0 Å². The zero-order chi connectivity index (χ0) is 17.5. The third-order valence-electron chi connectivity index (χ3n) is 3.83. The first kappa shape index (κ1) is 16.9. The molecule has 0 saturated heterocycles. The van der Waals surface area contributed by atoms with Crippen molar-refractivity contribution >= 4 is 16.9 Å². The molecular weight excluding hydrogens is 314 g/mol. The molecule has 130 valence electrons. The Morgan fingerprint density at radius 1 is 1.08 bits per heavy atom. The van der Waals surface area contributed by atoms with Crippen molar-refractivity contribution in [3.05, 3.63) is 65.9 Å². The van der Waals surface area contributed by atoms with E-state index in [-0.39, 0.29) is 0 Å². The summed E-state index contributed by atoms with van der Waals surface area (Å²) in [7, 11) is 1.67. The van der Waals surface area contributed by atoms with E-state index >= 15 is 0 Å². The predicted octanol–water partition coefficient (Wildman–Crippen LogP) is 3.70. The van der Waals surface area contributed by atoms with Gasteiger partial charge in [0.05, 0.1) is 20.2 Å². The number of benzene rings is 2. The van der Waals surface area contributed by atoms with Crippen LogP contribution in [-0.4, -0.2) is 19.6 Å². The average Bonchev–Trinajstić information content (AvgIpc) is 3.07. The summed E-state index contributed by atoms with van der Waals surface area (Å²) in [6.45, 7) is 4.03. The Labute approximate surface area is 147 Å². The molecule has 25 heavy (non-hydrogen) atoms. The van der Waals surface area contributed by atoms with Gasteiger partial charge in [0.15, 0.2) is 5.96 Å². The standard InChI is InChI=1S/C20H23N3O2/c1-3-21-20(22-13-15-8-10-17(24-2)11-9-15)23-14-18-12-16-6-4-5-7-19(16)25-18/h4-12H,3,13-14H2,1-2H3,(H2,21,22,23).